The monoisotopic (exact) mass is 368 g/mol. The average Bonchev–Trinajstić information content (AvgIpc) is 2.85. The van der Waals surface area contributed by atoms with Gasteiger partial charge in [-0.05, 0) is 35.9 Å². The Bertz CT molecular complexity index is 1140. The number of hydrogen-bond acceptors (Lipinski definition) is 6. The van der Waals surface area contributed by atoms with Crippen molar-refractivity contribution < 1.29 is 9.53 Å². The first-order valence-corrected chi connectivity index (χ1v) is 8.67. The number of carbonyl (C=O) groups is 1. The second-order valence-electron chi connectivity index (χ2n) is 6.41. The molecule has 28 heavy (non-hydrogen) atoms. The molecule has 0 saturated carbocycles. The highest BCUT2D eigenvalue weighted by atomic mass is 16.5. The predicted molar refractivity (Wildman–Crippen MR) is 106 cm³/mol. The van der Waals surface area contributed by atoms with Gasteiger partial charge in [0, 0.05) is 41.6 Å². The molecule has 3 aromatic rings. The number of rotatable bonds is 2. The Balaban J connectivity index is 1.91. The number of esters is 1. The van der Waals surface area contributed by atoms with Crippen molar-refractivity contribution >= 4 is 23.9 Å². The fraction of sp³-hybridized carbons (Fsp3) is 0.0909. The van der Waals surface area contributed by atoms with E-state index in [-0.39, 0.29) is 0 Å². The summed E-state index contributed by atoms with van der Waals surface area (Å²) in [4.78, 5) is 20.5. The maximum absolute atomic E-state index is 11.8. The summed E-state index contributed by atoms with van der Waals surface area (Å²) < 4.78 is 5.67. The number of nitrogen functional groups attached to an aromatic ring is 1. The Morgan fingerprint density at radius 1 is 1.11 bits per heavy atom. The van der Waals surface area contributed by atoms with Gasteiger partial charge < -0.3 is 10.5 Å². The Morgan fingerprint density at radius 3 is 2.64 bits per heavy atom. The Morgan fingerprint density at radius 2 is 1.93 bits per heavy atom. The predicted octanol–water partition coefficient (Wildman–Crippen LogP) is 3.73. The lowest BCUT2D eigenvalue weighted by Gasteiger charge is -2.20. The first-order chi connectivity index (χ1) is 13.6. The fourth-order valence-electron chi connectivity index (χ4n) is 3.29. The quantitative estimate of drug-likeness (QED) is 0.692. The summed E-state index contributed by atoms with van der Waals surface area (Å²) in [6.45, 7) is 1.37. The Labute approximate surface area is 161 Å². The smallest absolute Gasteiger partial charge is 0.303 e. The van der Waals surface area contributed by atoms with Crippen molar-refractivity contribution in [1.82, 2.24) is 9.97 Å². The van der Waals surface area contributed by atoms with Crippen molar-refractivity contribution in [2.45, 2.75) is 13.0 Å². The van der Waals surface area contributed by atoms with Gasteiger partial charge in [0.15, 0.2) is 6.10 Å². The number of nitrogens with two attached hydrogens (primary N) is 1. The van der Waals surface area contributed by atoms with Gasteiger partial charge in [-0.2, -0.15) is 5.26 Å². The summed E-state index contributed by atoms with van der Waals surface area (Å²) in [5.74, 6) is 0.0240. The molecule has 1 aromatic carbocycles. The van der Waals surface area contributed by atoms with Gasteiger partial charge in [0.1, 0.15) is 5.82 Å². The zero-order valence-corrected chi connectivity index (χ0v) is 15.1. The highest BCUT2D eigenvalue weighted by Crippen LogP contribution is 2.37. The number of hydrogen-bond donors (Lipinski definition) is 1. The van der Waals surface area contributed by atoms with Gasteiger partial charge in [0.05, 0.1) is 17.3 Å². The molecular formula is C22H16N4O2. The molecule has 6 nitrogen and oxygen atoms in total. The lowest BCUT2D eigenvalue weighted by molar-refractivity contribution is -0.144. The first-order valence-electron chi connectivity index (χ1n) is 8.67. The van der Waals surface area contributed by atoms with E-state index in [1.54, 1.807) is 30.6 Å². The molecule has 1 unspecified atom stereocenters. The van der Waals surface area contributed by atoms with Crippen molar-refractivity contribution in [1.29, 1.82) is 5.26 Å². The van der Waals surface area contributed by atoms with Crippen LogP contribution in [0, 0.1) is 11.3 Å². The van der Waals surface area contributed by atoms with E-state index in [4.69, 9.17) is 10.5 Å². The van der Waals surface area contributed by atoms with Crippen LogP contribution in [-0.2, 0) is 9.53 Å². The van der Waals surface area contributed by atoms with E-state index in [9.17, 15) is 10.1 Å². The SMILES string of the molecule is CC(=O)OC1c2cc(-c3ccc(N)nc3)cnc2C=Cc2c(C#N)cccc21. The van der Waals surface area contributed by atoms with Crippen molar-refractivity contribution in [3.8, 4) is 17.2 Å². The molecule has 2 aromatic heterocycles. The third-order valence-electron chi connectivity index (χ3n) is 4.59. The summed E-state index contributed by atoms with van der Waals surface area (Å²) in [7, 11) is 0. The van der Waals surface area contributed by atoms with E-state index in [0.29, 0.717) is 17.1 Å². The van der Waals surface area contributed by atoms with Crippen LogP contribution in [0.15, 0.2) is 48.8 Å². The van der Waals surface area contributed by atoms with Gasteiger partial charge in [-0.15, -0.1) is 0 Å². The lowest BCUT2D eigenvalue weighted by atomic mass is 9.94. The standard InChI is InChI=1S/C22H16N4O2/c1-13(27)28-22-18-4-2-3-14(10-23)17(18)6-7-20-19(22)9-16(12-25-20)15-5-8-21(24)26-11-15/h2-9,11-12,22H,1H3,(H2,24,26). The zero-order chi connectivity index (χ0) is 19.7. The Hall–Kier alpha value is -3.98. The topological polar surface area (TPSA) is 102 Å². The van der Waals surface area contributed by atoms with Crippen LogP contribution in [0.4, 0.5) is 5.82 Å². The van der Waals surface area contributed by atoms with Crippen LogP contribution in [-0.4, -0.2) is 15.9 Å². The molecule has 0 aliphatic heterocycles. The summed E-state index contributed by atoms with van der Waals surface area (Å²) >= 11 is 0. The van der Waals surface area contributed by atoms with Crippen LogP contribution in [0.2, 0.25) is 0 Å². The number of benzene rings is 1. The summed E-state index contributed by atoms with van der Waals surface area (Å²) in [6.07, 6.45) is 6.42. The molecule has 136 valence electrons. The highest BCUT2D eigenvalue weighted by Gasteiger charge is 2.26. The number of pyridine rings is 2. The van der Waals surface area contributed by atoms with Gasteiger partial charge in [0.25, 0.3) is 0 Å². The molecule has 0 amide bonds. The normalized spacial score (nSPS) is 14.4. The van der Waals surface area contributed by atoms with E-state index in [1.165, 1.54) is 6.92 Å². The van der Waals surface area contributed by atoms with Crippen LogP contribution >= 0.6 is 0 Å². The molecule has 0 radical (unpaired) electrons. The fourth-order valence-corrected chi connectivity index (χ4v) is 3.29. The highest BCUT2D eigenvalue weighted by molar-refractivity contribution is 5.79. The van der Waals surface area contributed by atoms with Gasteiger partial charge in [-0.1, -0.05) is 18.2 Å². The minimum Gasteiger partial charge on any atom is -0.453 e. The van der Waals surface area contributed by atoms with E-state index in [1.807, 2.05) is 30.4 Å². The second kappa shape index (κ2) is 6.97. The molecule has 0 spiro atoms. The number of anilines is 1. The van der Waals surface area contributed by atoms with Crippen molar-refractivity contribution in [3.05, 3.63) is 76.7 Å². The van der Waals surface area contributed by atoms with Gasteiger partial charge in [0.2, 0.25) is 0 Å². The Kier molecular flexibility index (Phi) is 4.34. The third-order valence-corrected chi connectivity index (χ3v) is 4.59. The van der Waals surface area contributed by atoms with Crippen LogP contribution in [0.1, 0.15) is 41.0 Å². The molecule has 2 heterocycles. The van der Waals surface area contributed by atoms with Crippen molar-refractivity contribution in [2.24, 2.45) is 0 Å². The number of fused-ring (bicyclic) bond motifs is 2. The lowest BCUT2D eigenvalue weighted by Crippen LogP contribution is -2.13. The van der Waals surface area contributed by atoms with Crippen LogP contribution in [0.5, 0.6) is 0 Å². The molecule has 0 saturated heterocycles. The maximum atomic E-state index is 11.8. The number of ether oxygens (including phenoxy) is 1. The van der Waals surface area contributed by atoms with Crippen LogP contribution < -0.4 is 5.73 Å². The molecule has 4 rings (SSSR count). The molecule has 6 heteroatoms. The van der Waals surface area contributed by atoms with Crippen molar-refractivity contribution in [3.63, 3.8) is 0 Å². The van der Waals surface area contributed by atoms with Gasteiger partial charge in [-0.3, -0.25) is 9.78 Å². The van der Waals surface area contributed by atoms with E-state index in [2.05, 4.69) is 16.0 Å². The van der Waals surface area contributed by atoms with Crippen LogP contribution in [0.3, 0.4) is 0 Å². The number of carbonyl (C=O) groups excluding carboxylic acids is 1. The molecule has 0 fully saturated rings. The van der Waals surface area contributed by atoms with Gasteiger partial charge >= 0.3 is 5.97 Å². The number of nitrogens with zero attached hydrogens (tertiary/aromatic N) is 3. The summed E-state index contributed by atoms with van der Waals surface area (Å²) in [5.41, 5.74) is 10.8. The van der Waals surface area contributed by atoms with Crippen LogP contribution in [0.25, 0.3) is 23.3 Å². The summed E-state index contributed by atoms with van der Waals surface area (Å²) in [5, 5.41) is 9.46. The summed E-state index contributed by atoms with van der Waals surface area (Å²) in [6, 6.07) is 13.1. The molecule has 1 atom stereocenters. The number of aromatic nitrogens is 2. The van der Waals surface area contributed by atoms with Crippen molar-refractivity contribution in [2.75, 3.05) is 5.73 Å². The number of nitriles is 1. The minimum absolute atomic E-state index is 0.411. The van der Waals surface area contributed by atoms with E-state index < -0.39 is 12.1 Å². The maximum Gasteiger partial charge on any atom is 0.303 e. The zero-order valence-electron chi connectivity index (χ0n) is 15.1. The van der Waals surface area contributed by atoms with E-state index in [0.717, 1.165) is 27.8 Å². The van der Waals surface area contributed by atoms with E-state index >= 15 is 0 Å². The molecule has 0 bridgehead atoms. The van der Waals surface area contributed by atoms with Gasteiger partial charge in [-0.25, -0.2) is 4.98 Å². The third kappa shape index (κ3) is 3.10. The average molecular weight is 368 g/mol. The molecule has 1 aliphatic carbocycles. The molecule has 2 N–H and O–H groups in total. The minimum atomic E-state index is -0.667. The second-order valence-corrected chi connectivity index (χ2v) is 6.41. The first kappa shape index (κ1) is 17.4. The molecular weight excluding hydrogens is 352 g/mol. The largest absolute Gasteiger partial charge is 0.453 e. The molecule has 1 aliphatic rings.